The molecule has 4 rings (SSSR count). The van der Waals surface area contributed by atoms with Crippen LogP contribution >= 0.6 is 23.2 Å². The van der Waals surface area contributed by atoms with Gasteiger partial charge in [-0.15, -0.1) is 0 Å². The van der Waals surface area contributed by atoms with Crippen molar-refractivity contribution >= 4 is 61.8 Å². The van der Waals surface area contributed by atoms with E-state index in [9.17, 15) is 22.8 Å². The Balaban J connectivity index is 1.41. The summed E-state index contributed by atoms with van der Waals surface area (Å²) in [5, 5.41) is 3.74. The number of carbonyl (C=O) groups excluding carboxylic acids is 3. The van der Waals surface area contributed by atoms with Gasteiger partial charge in [-0.2, -0.15) is 4.72 Å². The average molecular weight is 750 g/mol. The molecule has 2 aromatic carbocycles. The molecule has 0 spiro atoms. The third-order valence-electron chi connectivity index (χ3n) is 8.46. The number of benzene rings is 2. The summed E-state index contributed by atoms with van der Waals surface area (Å²) < 4.78 is 36.0. The predicted molar refractivity (Wildman–Crippen MR) is 195 cm³/mol. The van der Waals surface area contributed by atoms with Crippen LogP contribution in [0.5, 0.6) is 5.75 Å². The van der Waals surface area contributed by atoms with Crippen molar-refractivity contribution < 1.29 is 27.5 Å². The van der Waals surface area contributed by atoms with Crippen LogP contribution in [0, 0.1) is 6.92 Å². The summed E-state index contributed by atoms with van der Waals surface area (Å²) in [6.07, 6.45) is 2.18. The SMILES string of the molecule is CC(=O)N[C@@H](CCCCN(C)C)C(=O)N1CCN(C(=O)C(C)(C)NS(=O)(=O)c2ccc(Cl)c(COc3cccc4ccc(C)nc34)c2Cl)CC1. The Hall–Kier alpha value is -3.49. The number of unbranched alkanes of at least 4 members (excludes halogenated alkanes) is 1. The van der Waals surface area contributed by atoms with Gasteiger partial charge in [-0.1, -0.05) is 41.4 Å². The van der Waals surface area contributed by atoms with Gasteiger partial charge < -0.3 is 24.8 Å². The number of para-hydroxylation sites is 1. The van der Waals surface area contributed by atoms with Crippen molar-refractivity contribution in [2.24, 2.45) is 0 Å². The number of amides is 3. The van der Waals surface area contributed by atoms with Crippen LogP contribution in [0.25, 0.3) is 10.9 Å². The Morgan fingerprint density at radius 3 is 2.34 bits per heavy atom. The van der Waals surface area contributed by atoms with Crippen LogP contribution in [0.4, 0.5) is 0 Å². The molecule has 0 radical (unpaired) electrons. The van der Waals surface area contributed by atoms with E-state index < -0.39 is 27.5 Å². The van der Waals surface area contributed by atoms with E-state index in [4.69, 9.17) is 27.9 Å². The van der Waals surface area contributed by atoms with Gasteiger partial charge in [0.2, 0.25) is 27.7 Å². The lowest BCUT2D eigenvalue weighted by Gasteiger charge is -2.39. The zero-order chi connectivity index (χ0) is 36.8. The second-order valence-electron chi connectivity index (χ2n) is 13.3. The molecular weight excluding hydrogens is 703 g/mol. The smallest absolute Gasteiger partial charge is 0.245 e. The van der Waals surface area contributed by atoms with Gasteiger partial charge >= 0.3 is 0 Å². The molecule has 3 aromatic rings. The second kappa shape index (κ2) is 16.7. The first-order valence-electron chi connectivity index (χ1n) is 16.5. The number of rotatable bonds is 14. The van der Waals surface area contributed by atoms with Gasteiger partial charge in [-0.05, 0) is 84.9 Å². The zero-order valence-electron chi connectivity index (χ0n) is 29.4. The normalized spacial score (nSPS) is 14.6. The van der Waals surface area contributed by atoms with Gasteiger partial charge in [0, 0.05) is 54.8 Å². The standard InChI is InChI=1S/C35H46Cl2N6O6S/c1-23-13-14-25-10-9-12-29(32(25)38-23)49-22-26-27(36)15-16-30(31(26)37)50(47,48)40-35(3,4)34(46)43-20-18-42(19-21-43)33(45)28(39-24(2)44)11-7-8-17-41(5)6/h9-10,12-16,28,40H,7-8,11,17-22H2,1-6H3,(H,39,44)/t28-/m0/s1. The van der Waals surface area contributed by atoms with E-state index in [2.05, 4.69) is 19.9 Å². The molecule has 1 aliphatic rings. The molecule has 0 bridgehead atoms. The Bertz CT molecular complexity index is 1830. The van der Waals surface area contributed by atoms with Crippen molar-refractivity contribution in [2.75, 3.05) is 46.8 Å². The summed E-state index contributed by atoms with van der Waals surface area (Å²) in [4.78, 5) is 48.4. The number of fused-ring (bicyclic) bond motifs is 1. The van der Waals surface area contributed by atoms with Crippen molar-refractivity contribution in [1.82, 2.24) is 29.7 Å². The number of hydrogen-bond donors (Lipinski definition) is 2. The lowest BCUT2D eigenvalue weighted by atomic mass is 10.0. The first-order valence-corrected chi connectivity index (χ1v) is 18.7. The van der Waals surface area contributed by atoms with Crippen LogP contribution in [-0.2, 0) is 31.0 Å². The Morgan fingerprint density at radius 1 is 1.00 bits per heavy atom. The van der Waals surface area contributed by atoms with E-state index in [-0.39, 0.29) is 65.1 Å². The van der Waals surface area contributed by atoms with Crippen molar-refractivity contribution in [3.63, 3.8) is 0 Å². The van der Waals surface area contributed by atoms with Crippen LogP contribution in [0.2, 0.25) is 10.0 Å². The largest absolute Gasteiger partial charge is 0.487 e. The number of carbonyl (C=O) groups is 3. The molecule has 1 saturated heterocycles. The minimum absolute atomic E-state index is 0.125. The number of ether oxygens (including phenoxy) is 1. The van der Waals surface area contributed by atoms with E-state index in [1.165, 1.54) is 37.8 Å². The molecule has 1 atom stereocenters. The van der Waals surface area contributed by atoms with Crippen LogP contribution in [0.1, 0.15) is 51.3 Å². The lowest BCUT2D eigenvalue weighted by Crippen LogP contribution is -2.61. The minimum Gasteiger partial charge on any atom is -0.487 e. The molecular formula is C35H46Cl2N6O6S. The van der Waals surface area contributed by atoms with E-state index in [0.29, 0.717) is 17.7 Å². The fourth-order valence-corrected chi connectivity index (χ4v) is 8.12. The molecule has 50 heavy (non-hydrogen) atoms. The summed E-state index contributed by atoms with van der Waals surface area (Å²) in [5.74, 6) is -0.441. The van der Waals surface area contributed by atoms with E-state index in [1.54, 1.807) is 11.0 Å². The average Bonchev–Trinajstić information content (AvgIpc) is 3.04. The molecule has 12 nitrogen and oxygen atoms in total. The molecule has 0 unspecified atom stereocenters. The monoisotopic (exact) mass is 748 g/mol. The van der Waals surface area contributed by atoms with Crippen LogP contribution in [-0.4, -0.2) is 104 Å². The first-order chi connectivity index (χ1) is 23.5. The number of aryl methyl sites for hydroxylation is 1. The van der Waals surface area contributed by atoms with Crippen molar-refractivity contribution in [3.8, 4) is 5.75 Å². The quantitative estimate of drug-likeness (QED) is 0.232. The number of hydrogen-bond acceptors (Lipinski definition) is 8. The van der Waals surface area contributed by atoms with Crippen LogP contribution in [0.15, 0.2) is 47.4 Å². The third-order valence-corrected chi connectivity index (χ3v) is 11.1. The maximum Gasteiger partial charge on any atom is 0.245 e. The number of aromatic nitrogens is 1. The van der Waals surface area contributed by atoms with Gasteiger partial charge in [0.25, 0.3) is 0 Å². The maximum absolute atomic E-state index is 13.7. The van der Waals surface area contributed by atoms with Gasteiger partial charge in [-0.25, -0.2) is 13.4 Å². The lowest BCUT2D eigenvalue weighted by molar-refractivity contribution is -0.144. The summed E-state index contributed by atoms with van der Waals surface area (Å²) in [5.41, 5.74) is 0.177. The Morgan fingerprint density at radius 2 is 1.68 bits per heavy atom. The number of nitrogens with zero attached hydrogens (tertiary/aromatic N) is 4. The van der Waals surface area contributed by atoms with Crippen molar-refractivity contribution in [3.05, 3.63) is 63.8 Å². The molecule has 15 heteroatoms. The molecule has 1 aromatic heterocycles. The highest BCUT2D eigenvalue weighted by molar-refractivity contribution is 7.89. The number of nitrogens with one attached hydrogen (secondary N) is 2. The van der Waals surface area contributed by atoms with Gasteiger partial charge in [0.05, 0.1) is 5.02 Å². The Kier molecular flexibility index (Phi) is 13.1. The van der Waals surface area contributed by atoms with E-state index >= 15 is 0 Å². The summed E-state index contributed by atoms with van der Waals surface area (Å²) in [6, 6.07) is 11.4. The predicted octanol–water partition coefficient (Wildman–Crippen LogP) is 4.39. The summed E-state index contributed by atoms with van der Waals surface area (Å²) in [6.45, 7) is 7.88. The van der Waals surface area contributed by atoms with Crippen LogP contribution < -0.4 is 14.8 Å². The maximum atomic E-state index is 13.7. The summed E-state index contributed by atoms with van der Waals surface area (Å²) >= 11 is 13.1. The van der Waals surface area contributed by atoms with Gasteiger partial charge in [0.15, 0.2) is 0 Å². The van der Waals surface area contributed by atoms with Gasteiger partial charge in [-0.3, -0.25) is 14.4 Å². The number of piperazine rings is 1. The van der Waals surface area contributed by atoms with Crippen molar-refractivity contribution in [2.45, 2.75) is 70.0 Å². The van der Waals surface area contributed by atoms with E-state index in [1.807, 2.05) is 45.3 Å². The molecule has 1 aliphatic heterocycles. The van der Waals surface area contributed by atoms with Crippen LogP contribution in [0.3, 0.4) is 0 Å². The molecule has 272 valence electrons. The number of halogens is 2. The fraction of sp³-hybridized carbons (Fsp3) is 0.486. The topological polar surface area (TPSA) is 141 Å². The molecule has 2 N–H and O–H groups in total. The highest BCUT2D eigenvalue weighted by atomic mass is 35.5. The van der Waals surface area contributed by atoms with Gasteiger partial charge in [0.1, 0.15) is 34.3 Å². The summed E-state index contributed by atoms with van der Waals surface area (Å²) in [7, 11) is -0.358. The molecule has 1 fully saturated rings. The molecule has 0 aliphatic carbocycles. The minimum atomic E-state index is -4.32. The van der Waals surface area contributed by atoms with Crippen molar-refractivity contribution in [1.29, 1.82) is 0 Å². The molecule has 0 saturated carbocycles. The highest BCUT2D eigenvalue weighted by Gasteiger charge is 2.39. The third kappa shape index (κ3) is 9.85. The fourth-order valence-electron chi connectivity index (χ4n) is 5.86. The number of pyridine rings is 1. The molecule has 2 heterocycles. The first kappa shape index (κ1) is 39.3. The van der Waals surface area contributed by atoms with E-state index in [0.717, 1.165) is 30.5 Å². The number of sulfonamides is 1. The molecule has 3 amide bonds. The highest BCUT2D eigenvalue weighted by Crippen LogP contribution is 2.34. The Labute approximate surface area is 304 Å². The second-order valence-corrected chi connectivity index (χ2v) is 15.7. The zero-order valence-corrected chi connectivity index (χ0v) is 31.7.